The lowest BCUT2D eigenvalue weighted by molar-refractivity contribution is -0.144. The molecule has 1 spiro atoms. The van der Waals surface area contributed by atoms with E-state index in [2.05, 4.69) is 0 Å². The lowest BCUT2D eigenvalue weighted by Crippen LogP contribution is -2.58. The van der Waals surface area contributed by atoms with Crippen LogP contribution in [0, 0.1) is 11.8 Å². The number of nitrogens with zero attached hydrogens (tertiary/aromatic N) is 3. The van der Waals surface area contributed by atoms with Crippen molar-refractivity contribution in [3.8, 4) is 5.75 Å². The third-order valence-corrected chi connectivity index (χ3v) is 9.68. The number of hydrogen-bond acceptors (Lipinski definition) is 6. The number of hydrogen-bond donors (Lipinski definition) is 1. The van der Waals surface area contributed by atoms with E-state index in [9.17, 15) is 19.5 Å². The molecule has 7 rings (SSSR count). The van der Waals surface area contributed by atoms with Crippen LogP contribution in [-0.4, -0.2) is 77.8 Å². The van der Waals surface area contributed by atoms with Gasteiger partial charge in [0.2, 0.25) is 11.8 Å². The lowest BCUT2D eigenvalue weighted by Gasteiger charge is -2.38. The first-order valence-corrected chi connectivity index (χ1v) is 15.7. The number of ether oxygens (including phenoxy) is 2. The topological polar surface area (TPSA) is 99.6 Å². The highest BCUT2D eigenvalue weighted by molar-refractivity contribution is 6.08. The van der Waals surface area contributed by atoms with Gasteiger partial charge in [-0.05, 0) is 60.5 Å². The van der Waals surface area contributed by atoms with E-state index >= 15 is 0 Å². The number of benzene rings is 3. The largest absolute Gasteiger partial charge is 0.494 e. The fourth-order valence-electron chi connectivity index (χ4n) is 7.58. The zero-order valence-electron chi connectivity index (χ0n) is 25.4. The molecule has 2 fully saturated rings. The van der Waals surface area contributed by atoms with E-state index in [0.717, 1.165) is 10.8 Å². The van der Waals surface area contributed by atoms with Crippen LogP contribution >= 0.6 is 0 Å². The van der Waals surface area contributed by atoms with Crippen LogP contribution in [0.2, 0.25) is 0 Å². The summed E-state index contributed by atoms with van der Waals surface area (Å²) in [5, 5.41) is 12.5. The zero-order valence-corrected chi connectivity index (χ0v) is 25.4. The Kier molecular flexibility index (Phi) is 7.46. The maximum Gasteiger partial charge on any atom is 0.253 e. The first-order valence-electron chi connectivity index (χ1n) is 15.7. The van der Waals surface area contributed by atoms with Crippen molar-refractivity contribution in [3.05, 3.63) is 91.0 Å². The minimum atomic E-state index is -1.38. The molecular formula is C36H37N3O6. The van der Waals surface area contributed by atoms with Gasteiger partial charge >= 0.3 is 0 Å². The first kappa shape index (κ1) is 29.3. The first-order chi connectivity index (χ1) is 21.9. The molecule has 3 amide bonds. The number of fused-ring (bicyclic) bond motifs is 3. The molecule has 0 aromatic heterocycles. The van der Waals surface area contributed by atoms with E-state index < -0.39 is 35.6 Å². The van der Waals surface area contributed by atoms with Crippen LogP contribution in [0.4, 0.5) is 11.4 Å². The number of carbonyl (C=O) groups excluding carboxylic acids is 3. The molecule has 45 heavy (non-hydrogen) atoms. The predicted octanol–water partition coefficient (Wildman–Crippen LogP) is 4.10. The van der Waals surface area contributed by atoms with Gasteiger partial charge in [-0.25, -0.2) is 0 Å². The molecule has 4 heterocycles. The van der Waals surface area contributed by atoms with Crippen molar-refractivity contribution in [2.75, 3.05) is 36.1 Å². The molecule has 3 aromatic rings. The minimum Gasteiger partial charge on any atom is -0.494 e. The highest BCUT2D eigenvalue weighted by Gasteiger charge is 2.72. The summed E-state index contributed by atoms with van der Waals surface area (Å²) in [6, 6.07) is 19.5. The Balaban J connectivity index is 1.30. The summed E-state index contributed by atoms with van der Waals surface area (Å²) in [6.45, 7) is 4.62. The fraction of sp³-hybridized carbons (Fsp3) is 0.361. The zero-order chi connectivity index (χ0) is 31.3. The number of anilines is 2. The Labute approximate surface area is 262 Å². The molecule has 9 nitrogen and oxygen atoms in total. The molecule has 4 aliphatic rings. The van der Waals surface area contributed by atoms with Crippen LogP contribution in [0.1, 0.15) is 20.3 Å². The SMILES string of the molecule is CCOc1ccc(N2CC=C[C@@H]3O[C@]45C=CCN(c6ccc7ccccc7c6)C(=O)C4N([C@@H](CC)CO)C(=O)[C@@H]5[C@@H]3C2=O)cc1. The summed E-state index contributed by atoms with van der Waals surface area (Å²) >= 11 is 0. The van der Waals surface area contributed by atoms with Crippen molar-refractivity contribution in [2.24, 2.45) is 11.8 Å². The molecule has 3 aromatic carbocycles. The van der Waals surface area contributed by atoms with Gasteiger partial charge in [-0.15, -0.1) is 0 Å². The van der Waals surface area contributed by atoms with Gasteiger partial charge in [-0.2, -0.15) is 0 Å². The summed E-state index contributed by atoms with van der Waals surface area (Å²) in [5.41, 5.74) is 0.0166. The fourth-order valence-corrected chi connectivity index (χ4v) is 7.58. The van der Waals surface area contributed by atoms with Gasteiger partial charge in [0.05, 0.1) is 37.2 Å². The maximum atomic E-state index is 14.7. The summed E-state index contributed by atoms with van der Waals surface area (Å²) in [5.74, 6) is -1.96. The average Bonchev–Trinajstić information content (AvgIpc) is 3.37. The van der Waals surface area contributed by atoms with E-state index in [-0.39, 0.29) is 30.9 Å². The van der Waals surface area contributed by atoms with Crippen LogP contribution < -0.4 is 14.5 Å². The number of amides is 3. The van der Waals surface area contributed by atoms with E-state index in [4.69, 9.17) is 9.47 Å². The molecule has 2 saturated heterocycles. The third-order valence-electron chi connectivity index (χ3n) is 9.68. The quantitative estimate of drug-likeness (QED) is 0.406. The molecule has 4 aliphatic heterocycles. The number of aliphatic hydroxyl groups is 1. The standard InChI is InChI=1S/C36H37N3O6/c1-3-25(22-40)39-32-35(43)38(27-13-12-23-9-5-6-10-24(23)21-27)20-8-18-36(32)31(34(39)42)30-29(45-36)11-7-19-37(33(30)41)26-14-16-28(17-15-26)44-4-2/h5-18,21,25,29-32,40H,3-4,19-20,22H2,1-2H3/t25-,29-,30+,31-,32?,36-/m0/s1. The molecular weight excluding hydrogens is 570 g/mol. The van der Waals surface area contributed by atoms with Crippen molar-refractivity contribution in [2.45, 2.75) is 44.1 Å². The van der Waals surface area contributed by atoms with Crippen LogP contribution in [-0.2, 0) is 19.1 Å². The van der Waals surface area contributed by atoms with Crippen LogP contribution in [0.5, 0.6) is 5.75 Å². The molecule has 6 atom stereocenters. The van der Waals surface area contributed by atoms with E-state index in [1.165, 1.54) is 4.90 Å². The Bertz CT molecular complexity index is 1700. The average molecular weight is 608 g/mol. The van der Waals surface area contributed by atoms with Gasteiger partial charge in [0, 0.05) is 24.5 Å². The van der Waals surface area contributed by atoms with E-state index in [1.54, 1.807) is 9.80 Å². The van der Waals surface area contributed by atoms with Crippen LogP contribution in [0.15, 0.2) is 91.0 Å². The summed E-state index contributed by atoms with van der Waals surface area (Å²) in [6.07, 6.45) is 7.20. The highest BCUT2D eigenvalue weighted by atomic mass is 16.5. The number of aliphatic hydroxyl groups excluding tert-OH is 1. The number of likely N-dealkylation sites (tertiary alicyclic amines) is 1. The maximum absolute atomic E-state index is 14.7. The number of rotatable bonds is 7. The molecule has 0 saturated carbocycles. The second kappa shape index (κ2) is 11.5. The normalized spacial score (nSPS) is 28.2. The van der Waals surface area contributed by atoms with Crippen LogP contribution in [0.25, 0.3) is 10.8 Å². The van der Waals surface area contributed by atoms with Crippen LogP contribution in [0.3, 0.4) is 0 Å². The van der Waals surface area contributed by atoms with Crippen molar-refractivity contribution in [3.63, 3.8) is 0 Å². The van der Waals surface area contributed by atoms with Gasteiger partial charge in [0.25, 0.3) is 5.91 Å². The minimum absolute atomic E-state index is 0.237. The Morgan fingerprint density at radius 3 is 2.33 bits per heavy atom. The van der Waals surface area contributed by atoms with Gasteiger partial charge in [0.1, 0.15) is 17.4 Å². The Hall–Kier alpha value is -4.47. The van der Waals surface area contributed by atoms with E-state index in [1.807, 2.05) is 105 Å². The summed E-state index contributed by atoms with van der Waals surface area (Å²) < 4.78 is 12.4. The van der Waals surface area contributed by atoms with Gasteiger partial charge in [-0.1, -0.05) is 61.6 Å². The Morgan fingerprint density at radius 1 is 0.889 bits per heavy atom. The van der Waals surface area contributed by atoms with Crippen molar-refractivity contribution >= 4 is 39.9 Å². The second-order valence-corrected chi connectivity index (χ2v) is 12.0. The summed E-state index contributed by atoms with van der Waals surface area (Å²) in [7, 11) is 0. The van der Waals surface area contributed by atoms with Crippen molar-refractivity contribution in [1.82, 2.24) is 4.90 Å². The van der Waals surface area contributed by atoms with Gasteiger partial charge in [0.15, 0.2) is 0 Å². The molecule has 9 heteroatoms. The molecule has 1 unspecified atom stereocenters. The molecule has 0 radical (unpaired) electrons. The van der Waals surface area contributed by atoms with Gasteiger partial charge in [-0.3, -0.25) is 14.4 Å². The predicted molar refractivity (Wildman–Crippen MR) is 171 cm³/mol. The van der Waals surface area contributed by atoms with Crippen molar-refractivity contribution < 1.29 is 29.0 Å². The summed E-state index contributed by atoms with van der Waals surface area (Å²) in [4.78, 5) is 48.6. The Morgan fingerprint density at radius 2 is 1.60 bits per heavy atom. The monoisotopic (exact) mass is 607 g/mol. The molecule has 0 bridgehead atoms. The van der Waals surface area contributed by atoms with Gasteiger partial charge < -0.3 is 29.3 Å². The molecule has 0 aliphatic carbocycles. The smallest absolute Gasteiger partial charge is 0.253 e. The molecule has 1 N–H and O–H groups in total. The second-order valence-electron chi connectivity index (χ2n) is 12.0. The van der Waals surface area contributed by atoms with E-state index in [0.29, 0.717) is 36.7 Å². The van der Waals surface area contributed by atoms with Crippen molar-refractivity contribution in [1.29, 1.82) is 0 Å². The number of carbonyl (C=O) groups is 3. The third kappa shape index (κ3) is 4.56. The molecule has 232 valence electrons. The lowest BCUT2D eigenvalue weighted by atomic mass is 9.77. The highest BCUT2D eigenvalue weighted by Crippen LogP contribution is 2.54.